The first-order chi connectivity index (χ1) is 8.22. The fraction of sp³-hybridized carbons (Fsp3) is 0.333. The Morgan fingerprint density at radius 2 is 2.24 bits per heavy atom. The maximum absolute atomic E-state index is 13.8. The molecule has 5 heteroatoms. The quantitative estimate of drug-likeness (QED) is 0.877. The number of halogens is 1. The van der Waals surface area contributed by atoms with E-state index in [4.69, 9.17) is 0 Å². The van der Waals surface area contributed by atoms with Crippen LogP contribution in [-0.2, 0) is 6.54 Å². The zero-order chi connectivity index (χ0) is 12.3. The Labute approximate surface area is 99.5 Å². The predicted molar refractivity (Wildman–Crippen MR) is 63.4 cm³/mol. The third-order valence-electron chi connectivity index (χ3n) is 2.51. The van der Waals surface area contributed by atoms with Crippen molar-refractivity contribution in [2.45, 2.75) is 20.4 Å². The van der Waals surface area contributed by atoms with E-state index in [1.54, 1.807) is 12.3 Å². The van der Waals surface area contributed by atoms with Crippen LogP contribution in [0, 0.1) is 12.7 Å². The monoisotopic (exact) mass is 234 g/mol. The third kappa shape index (κ3) is 2.50. The van der Waals surface area contributed by atoms with Gasteiger partial charge >= 0.3 is 0 Å². The number of aromatic nitrogens is 3. The van der Waals surface area contributed by atoms with Crippen LogP contribution in [0.5, 0.6) is 0 Å². The van der Waals surface area contributed by atoms with E-state index in [-0.39, 0.29) is 5.82 Å². The van der Waals surface area contributed by atoms with Gasteiger partial charge < -0.3 is 5.32 Å². The van der Waals surface area contributed by atoms with Gasteiger partial charge in [0.1, 0.15) is 11.5 Å². The van der Waals surface area contributed by atoms with E-state index in [1.807, 2.05) is 19.9 Å². The molecule has 0 spiro atoms. The molecule has 0 aliphatic rings. The molecule has 0 atom stereocenters. The van der Waals surface area contributed by atoms with Gasteiger partial charge in [-0.25, -0.2) is 9.07 Å². The molecule has 0 radical (unpaired) electrons. The van der Waals surface area contributed by atoms with Crippen LogP contribution in [0.2, 0.25) is 0 Å². The number of hydrogen-bond donors (Lipinski definition) is 1. The molecule has 90 valence electrons. The molecule has 4 nitrogen and oxygen atoms in total. The third-order valence-corrected chi connectivity index (χ3v) is 2.51. The van der Waals surface area contributed by atoms with E-state index in [1.165, 1.54) is 10.7 Å². The Morgan fingerprint density at radius 3 is 2.94 bits per heavy atom. The Balaban J connectivity index is 2.35. The highest BCUT2D eigenvalue weighted by Crippen LogP contribution is 2.15. The van der Waals surface area contributed by atoms with E-state index in [2.05, 4.69) is 15.6 Å². The van der Waals surface area contributed by atoms with Crippen molar-refractivity contribution >= 4 is 0 Å². The number of hydrogen-bond acceptors (Lipinski definition) is 3. The summed E-state index contributed by atoms with van der Waals surface area (Å²) in [6.07, 6.45) is 1.64. The SMILES string of the molecule is CCNCc1cnnn1-c1ccc(C)cc1F. The van der Waals surface area contributed by atoms with Crippen LogP contribution in [0.4, 0.5) is 4.39 Å². The van der Waals surface area contributed by atoms with Gasteiger partial charge in [-0.05, 0) is 31.2 Å². The average molecular weight is 234 g/mol. The molecule has 1 aromatic heterocycles. The van der Waals surface area contributed by atoms with Crippen molar-refractivity contribution in [2.24, 2.45) is 0 Å². The van der Waals surface area contributed by atoms with Crippen molar-refractivity contribution in [3.63, 3.8) is 0 Å². The first-order valence-electron chi connectivity index (χ1n) is 5.59. The largest absolute Gasteiger partial charge is 0.311 e. The highest BCUT2D eigenvalue weighted by Gasteiger charge is 2.10. The molecule has 0 aliphatic carbocycles. The van der Waals surface area contributed by atoms with Crippen molar-refractivity contribution < 1.29 is 4.39 Å². The van der Waals surface area contributed by atoms with E-state index < -0.39 is 0 Å². The van der Waals surface area contributed by atoms with E-state index in [9.17, 15) is 4.39 Å². The molecule has 1 N–H and O–H groups in total. The van der Waals surface area contributed by atoms with E-state index in [0.29, 0.717) is 12.2 Å². The molecule has 0 saturated carbocycles. The summed E-state index contributed by atoms with van der Waals surface area (Å²) in [5, 5.41) is 10.9. The highest BCUT2D eigenvalue weighted by molar-refractivity contribution is 5.36. The Hall–Kier alpha value is -1.75. The van der Waals surface area contributed by atoms with Gasteiger partial charge in [0.2, 0.25) is 0 Å². The van der Waals surface area contributed by atoms with Crippen molar-refractivity contribution in [3.8, 4) is 5.69 Å². The molecule has 0 saturated heterocycles. The van der Waals surface area contributed by atoms with Gasteiger partial charge in [-0.2, -0.15) is 0 Å². The summed E-state index contributed by atoms with van der Waals surface area (Å²) >= 11 is 0. The first kappa shape index (κ1) is 11.7. The molecule has 17 heavy (non-hydrogen) atoms. The summed E-state index contributed by atoms with van der Waals surface area (Å²) in [5.41, 5.74) is 2.16. The predicted octanol–water partition coefficient (Wildman–Crippen LogP) is 1.82. The van der Waals surface area contributed by atoms with Gasteiger partial charge in [0, 0.05) is 6.54 Å². The molecule has 0 unspecified atom stereocenters. The lowest BCUT2D eigenvalue weighted by molar-refractivity contribution is 0.595. The molecule has 2 aromatic rings. The molecular formula is C12H15FN4. The molecule has 1 heterocycles. The van der Waals surface area contributed by atoms with E-state index in [0.717, 1.165) is 17.8 Å². The molecule has 1 aromatic carbocycles. The maximum atomic E-state index is 13.8. The second kappa shape index (κ2) is 5.05. The van der Waals surface area contributed by atoms with Crippen molar-refractivity contribution in [3.05, 3.63) is 41.5 Å². The zero-order valence-electron chi connectivity index (χ0n) is 9.94. The Morgan fingerprint density at radius 1 is 1.41 bits per heavy atom. The van der Waals surface area contributed by atoms with Crippen LogP contribution in [0.15, 0.2) is 24.4 Å². The molecule has 0 aliphatic heterocycles. The smallest absolute Gasteiger partial charge is 0.149 e. The van der Waals surface area contributed by atoms with Crippen LogP contribution < -0.4 is 5.32 Å². The number of rotatable bonds is 4. The summed E-state index contributed by atoms with van der Waals surface area (Å²) in [4.78, 5) is 0. The normalized spacial score (nSPS) is 10.8. The molecule has 0 bridgehead atoms. The number of nitrogens with zero attached hydrogens (tertiary/aromatic N) is 3. The minimum Gasteiger partial charge on any atom is -0.311 e. The zero-order valence-corrected chi connectivity index (χ0v) is 9.94. The highest BCUT2D eigenvalue weighted by atomic mass is 19.1. The topological polar surface area (TPSA) is 42.7 Å². The number of nitrogens with one attached hydrogen (secondary N) is 1. The minimum absolute atomic E-state index is 0.284. The van der Waals surface area contributed by atoms with Crippen molar-refractivity contribution in [1.29, 1.82) is 0 Å². The molecule has 0 fully saturated rings. The molecular weight excluding hydrogens is 219 g/mol. The van der Waals surface area contributed by atoms with Crippen LogP contribution in [0.3, 0.4) is 0 Å². The lowest BCUT2D eigenvalue weighted by Crippen LogP contribution is -2.15. The number of benzene rings is 1. The Kier molecular flexibility index (Phi) is 3.49. The van der Waals surface area contributed by atoms with Crippen LogP contribution in [0.1, 0.15) is 18.2 Å². The second-order valence-corrected chi connectivity index (χ2v) is 3.87. The fourth-order valence-corrected chi connectivity index (χ4v) is 1.62. The summed E-state index contributed by atoms with van der Waals surface area (Å²) in [7, 11) is 0. The summed E-state index contributed by atoms with van der Waals surface area (Å²) in [5.74, 6) is -0.284. The van der Waals surface area contributed by atoms with Gasteiger partial charge in [0.15, 0.2) is 0 Å². The fourth-order valence-electron chi connectivity index (χ4n) is 1.62. The lowest BCUT2D eigenvalue weighted by Gasteiger charge is -2.08. The van der Waals surface area contributed by atoms with Crippen LogP contribution >= 0.6 is 0 Å². The number of aryl methyl sites for hydroxylation is 1. The van der Waals surface area contributed by atoms with Crippen molar-refractivity contribution in [2.75, 3.05) is 6.54 Å². The van der Waals surface area contributed by atoms with Gasteiger partial charge in [0.05, 0.1) is 11.9 Å². The van der Waals surface area contributed by atoms with Gasteiger partial charge in [0.25, 0.3) is 0 Å². The van der Waals surface area contributed by atoms with E-state index >= 15 is 0 Å². The van der Waals surface area contributed by atoms with Gasteiger partial charge in [-0.15, -0.1) is 5.10 Å². The first-order valence-corrected chi connectivity index (χ1v) is 5.59. The Bertz CT molecular complexity index is 507. The maximum Gasteiger partial charge on any atom is 0.149 e. The van der Waals surface area contributed by atoms with Gasteiger partial charge in [-0.3, -0.25) is 0 Å². The van der Waals surface area contributed by atoms with Gasteiger partial charge in [-0.1, -0.05) is 18.2 Å². The second-order valence-electron chi connectivity index (χ2n) is 3.87. The molecule has 2 rings (SSSR count). The van der Waals surface area contributed by atoms with Crippen molar-refractivity contribution in [1.82, 2.24) is 20.3 Å². The minimum atomic E-state index is -0.284. The standard InChI is InChI=1S/C12H15FN4/c1-3-14-7-10-8-15-16-17(10)12-5-4-9(2)6-11(12)13/h4-6,8,14H,3,7H2,1-2H3. The average Bonchev–Trinajstić information content (AvgIpc) is 2.74. The van der Waals surface area contributed by atoms with Crippen LogP contribution in [0.25, 0.3) is 5.69 Å². The summed E-state index contributed by atoms with van der Waals surface area (Å²) in [6.45, 7) is 5.34. The summed E-state index contributed by atoms with van der Waals surface area (Å²) < 4.78 is 15.3. The molecule has 0 amide bonds. The van der Waals surface area contributed by atoms with Crippen LogP contribution in [-0.4, -0.2) is 21.5 Å². The summed E-state index contributed by atoms with van der Waals surface area (Å²) in [6, 6.07) is 5.07. The lowest BCUT2D eigenvalue weighted by atomic mass is 10.2.